The van der Waals surface area contributed by atoms with Gasteiger partial charge in [0.05, 0.1) is 5.56 Å². The van der Waals surface area contributed by atoms with E-state index in [2.05, 4.69) is 0 Å². The Labute approximate surface area is 117 Å². The van der Waals surface area contributed by atoms with Crippen LogP contribution in [-0.2, 0) is 6.42 Å². The highest BCUT2D eigenvalue weighted by Gasteiger charge is 2.30. The molecular formula is C15H9F4NO. The van der Waals surface area contributed by atoms with Crippen LogP contribution >= 0.6 is 0 Å². The zero-order chi connectivity index (χ0) is 15.1. The van der Waals surface area contributed by atoms with Crippen LogP contribution in [0.4, 0.5) is 23.2 Å². The molecule has 0 saturated carbocycles. The second-order valence-electron chi connectivity index (χ2n) is 4.68. The summed E-state index contributed by atoms with van der Waals surface area (Å²) in [5, 5.41) is 0. The molecule has 0 fully saturated rings. The summed E-state index contributed by atoms with van der Waals surface area (Å²) in [5.41, 5.74) is 0.629. The number of carbonyl (C=O) groups is 1. The van der Waals surface area contributed by atoms with Gasteiger partial charge in [0.2, 0.25) is 0 Å². The van der Waals surface area contributed by atoms with Gasteiger partial charge in [-0.05, 0) is 24.1 Å². The molecule has 0 atom stereocenters. The van der Waals surface area contributed by atoms with Crippen molar-refractivity contribution in [2.75, 3.05) is 11.4 Å². The minimum absolute atomic E-state index is 0.276. The van der Waals surface area contributed by atoms with Crippen molar-refractivity contribution in [1.29, 1.82) is 0 Å². The molecule has 2 aromatic carbocycles. The lowest BCUT2D eigenvalue weighted by Gasteiger charge is -2.18. The van der Waals surface area contributed by atoms with E-state index in [1.54, 1.807) is 18.2 Å². The average molecular weight is 295 g/mol. The van der Waals surface area contributed by atoms with Crippen LogP contribution in [0.25, 0.3) is 0 Å². The minimum atomic E-state index is -1.98. The van der Waals surface area contributed by atoms with Crippen LogP contribution in [0.2, 0.25) is 0 Å². The number of hydrogen-bond acceptors (Lipinski definition) is 1. The highest BCUT2D eigenvalue weighted by molar-refractivity contribution is 6.07. The lowest BCUT2D eigenvalue weighted by atomic mass is 10.1. The van der Waals surface area contributed by atoms with Gasteiger partial charge in [-0.15, -0.1) is 0 Å². The third-order valence-corrected chi connectivity index (χ3v) is 3.47. The van der Waals surface area contributed by atoms with E-state index in [4.69, 9.17) is 0 Å². The predicted molar refractivity (Wildman–Crippen MR) is 68.1 cm³/mol. The fourth-order valence-electron chi connectivity index (χ4n) is 2.42. The SMILES string of the molecule is O=C(c1cc(F)c(F)c(F)c1F)N1CCc2ccccc21. The molecule has 0 spiro atoms. The molecule has 21 heavy (non-hydrogen) atoms. The van der Waals surface area contributed by atoms with E-state index in [0.717, 1.165) is 5.56 Å². The van der Waals surface area contributed by atoms with Gasteiger partial charge in [-0.3, -0.25) is 4.79 Å². The van der Waals surface area contributed by atoms with Crippen LogP contribution in [0.1, 0.15) is 15.9 Å². The fraction of sp³-hybridized carbons (Fsp3) is 0.133. The van der Waals surface area contributed by atoms with E-state index in [1.807, 2.05) is 6.07 Å². The Morgan fingerprint density at radius 3 is 2.48 bits per heavy atom. The molecule has 0 radical (unpaired) electrons. The summed E-state index contributed by atoms with van der Waals surface area (Å²) in [6.45, 7) is 0.276. The van der Waals surface area contributed by atoms with Crippen LogP contribution in [-0.4, -0.2) is 12.5 Å². The maximum absolute atomic E-state index is 13.7. The molecule has 0 aromatic heterocycles. The number of amides is 1. The molecular weight excluding hydrogens is 286 g/mol. The molecule has 0 aliphatic carbocycles. The summed E-state index contributed by atoms with van der Waals surface area (Å²) >= 11 is 0. The zero-order valence-corrected chi connectivity index (χ0v) is 10.7. The largest absolute Gasteiger partial charge is 0.308 e. The van der Waals surface area contributed by atoms with Gasteiger partial charge in [0, 0.05) is 12.2 Å². The molecule has 0 saturated heterocycles. The molecule has 1 aliphatic rings. The summed E-state index contributed by atoms with van der Waals surface area (Å²) in [7, 11) is 0. The smallest absolute Gasteiger partial charge is 0.261 e. The van der Waals surface area contributed by atoms with Gasteiger partial charge in [-0.25, -0.2) is 17.6 Å². The van der Waals surface area contributed by atoms with Gasteiger partial charge in [-0.1, -0.05) is 18.2 Å². The van der Waals surface area contributed by atoms with Crippen LogP contribution < -0.4 is 4.90 Å². The predicted octanol–water partition coefficient (Wildman–Crippen LogP) is 3.45. The summed E-state index contributed by atoms with van der Waals surface area (Å²) in [6.07, 6.45) is 0.565. The molecule has 1 aliphatic heterocycles. The van der Waals surface area contributed by atoms with Crippen molar-refractivity contribution >= 4 is 11.6 Å². The number of halogens is 4. The van der Waals surface area contributed by atoms with Crippen LogP contribution in [0.5, 0.6) is 0 Å². The van der Waals surface area contributed by atoms with Crippen LogP contribution in [0, 0.1) is 23.3 Å². The highest BCUT2D eigenvalue weighted by atomic mass is 19.2. The number of nitrogens with zero attached hydrogens (tertiary/aromatic N) is 1. The normalized spacial score (nSPS) is 13.4. The summed E-state index contributed by atoms with van der Waals surface area (Å²) in [5.74, 6) is -8.07. The van der Waals surface area contributed by atoms with Crippen molar-refractivity contribution in [3.63, 3.8) is 0 Å². The summed E-state index contributed by atoms with van der Waals surface area (Å²) in [4.78, 5) is 13.5. The lowest BCUT2D eigenvalue weighted by molar-refractivity contribution is 0.0983. The number of benzene rings is 2. The molecule has 0 N–H and O–H groups in total. The number of anilines is 1. The van der Waals surface area contributed by atoms with Crippen molar-refractivity contribution in [3.05, 3.63) is 64.7 Å². The number of para-hydroxylation sites is 1. The van der Waals surface area contributed by atoms with Crippen molar-refractivity contribution in [2.24, 2.45) is 0 Å². The quantitative estimate of drug-likeness (QED) is 0.448. The molecule has 2 aromatic rings. The molecule has 3 rings (SSSR count). The third kappa shape index (κ3) is 2.07. The number of fused-ring (bicyclic) bond motifs is 1. The van der Waals surface area contributed by atoms with Gasteiger partial charge in [0.25, 0.3) is 5.91 Å². The van der Waals surface area contributed by atoms with Gasteiger partial charge >= 0.3 is 0 Å². The zero-order valence-electron chi connectivity index (χ0n) is 10.7. The Balaban J connectivity index is 2.05. The van der Waals surface area contributed by atoms with Crippen LogP contribution in [0.15, 0.2) is 30.3 Å². The average Bonchev–Trinajstić information content (AvgIpc) is 2.92. The molecule has 0 bridgehead atoms. The lowest BCUT2D eigenvalue weighted by Crippen LogP contribution is -2.30. The second kappa shape index (κ2) is 4.87. The first-order valence-corrected chi connectivity index (χ1v) is 6.23. The van der Waals surface area contributed by atoms with E-state index in [-0.39, 0.29) is 6.54 Å². The van der Waals surface area contributed by atoms with Gasteiger partial charge in [-0.2, -0.15) is 0 Å². The van der Waals surface area contributed by atoms with Crippen molar-refractivity contribution < 1.29 is 22.4 Å². The Morgan fingerprint density at radius 2 is 1.71 bits per heavy atom. The maximum Gasteiger partial charge on any atom is 0.261 e. The first kappa shape index (κ1) is 13.6. The van der Waals surface area contributed by atoms with E-state index < -0.39 is 34.7 Å². The molecule has 1 amide bonds. The number of hydrogen-bond donors (Lipinski definition) is 0. The molecule has 6 heteroatoms. The van der Waals surface area contributed by atoms with E-state index in [9.17, 15) is 22.4 Å². The Kier molecular flexibility index (Phi) is 3.16. The van der Waals surface area contributed by atoms with E-state index in [0.29, 0.717) is 18.2 Å². The molecule has 2 nitrogen and oxygen atoms in total. The van der Waals surface area contributed by atoms with E-state index in [1.165, 1.54) is 4.90 Å². The summed E-state index contributed by atoms with van der Waals surface area (Å²) in [6, 6.07) is 7.35. The molecule has 1 heterocycles. The van der Waals surface area contributed by atoms with Crippen LogP contribution in [0.3, 0.4) is 0 Å². The fourth-order valence-corrected chi connectivity index (χ4v) is 2.42. The monoisotopic (exact) mass is 295 g/mol. The van der Waals surface area contributed by atoms with Crippen molar-refractivity contribution in [3.8, 4) is 0 Å². The molecule has 0 unspecified atom stereocenters. The Morgan fingerprint density at radius 1 is 1.00 bits per heavy atom. The highest BCUT2D eigenvalue weighted by Crippen LogP contribution is 2.30. The first-order valence-electron chi connectivity index (χ1n) is 6.23. The topological polar surface area (TPSA) is 20.3 Å². The summed E-state index contributed by atoms with van der Waals surface area (Å²) < 4.78 is 53.1. The Hall–Kier alpha value is -2.37. The van der Waals surface area contributed by atoms with Crippen molar-refractivity contribution in [2.45, 2.75) is 6.42 Å². The van der Waals surface area contributed by atoms with Gasteiger partial charge in [0.1, 0.15) is 0 Å². The second-order valence-corrected chi connectivity index (χ2v) is 4.68. The van der Waals surface area contributed by atoms with Crippen molar-refractivity contribution in [1.82, 2.24) is 0 Å². The standard InChI is InChI=1S/C15H9F4NO/c16-10-7-9(12(17)14(19)13(10)18)15(21)20-6-5-8-3-1-2-4-11(8)20/h1-4,7H,5-6H2. The first-order chi connectivity index (χ1) is 10.0. The minimum Gasteiger partial charge on any atom is -0.308 e. The molecule has 108 valence electrons. The maximum atomic E-state index is 13.7. The Bertz CT molecular complexity index is 745. The van der Waals surface area contributed by atoms with Gasteiger partial charge in [0.15, 0.2) is 23.3 Å². The number of carbonyl (C=O) groups excluding carboxylic acids is 1. The van der Waals surface area contributed by atoms with Gasteiger partial charge < -0.3 is 4.90 Å². The number of rotatable bonds is 1. The van der Waals surface area contributed by atoms with E-state index >= 15 is 0 Å². The third-order valence-electron chi connectivity index (χ3n) is 3.47.